The average molecular weight is 750 g/mol. The van der Waals surface area contributed by atoms with Crippen LogP contribution in [0.15, 0.2) is 79.0 Å². The normalized spacial score (nSPS) is 15.5. The number of pyridine rings is 1. The van der Waals surface area contributed by atoms with Gasteiger partial charge in [0.05, 0.1) is 16.1 Å². The summed E-state index contributed by atoms with van der Waals surface area (Å²) >= 11 is 1.35. The van der Waals surface area contributed by atoms with Crippen LogP contribution in [0.4, 0.5) is 31.7 Å². The quantitative estimate of drug-likeness (QED) is 0.168. The van der Waals surface area contributed by atoms with Crippen molar-refractivity contribution >= 4 is 52.3 Å². The Morgan fingerprint density at radius 1 is 0.944 bits per heavy atom. The van der Waals surface area contributed by atoms with Gasteiger partial charge < -0.3 is 25.2 Å². The monoisotopic (exact) mass is 749 g/mol. The van der Waals surface area contributed by atoms with Crippen molar-refractivity contribution in [3.05, 3.63) is 123 Å². The summed E-state index contributed by atoms with van der Waals surface area (Å²) in [6.07, 6.45) is 5.48. The number of halogens is 2. The lowest BCUT2D eigenvalue weighted by atomic mass is 9.73. The molecule has 8 rings (SSSR count). The minimum atomic E-state index is -0.455. The lowest BCUT2D eigenvalue weighted by molar-refractivity contribution is -0.000511. The van der Waals surface area contributed by atoms with E-state index in [-0.39, 0.29) is 23.3 Å². The standard InChI is InChI=1S/C21H18F2N2OS.C21H23N3O3/c1-12-4-3-5-16(23)19(12)24-21(26)18-10-13-8-9-25(2)17-11-14(22)6-7-15(17)20(13)27-18;1-15-10-18(20(26)23-17-4-2-16(12-25)3-5-17)19(22-11-15)24-13-21(14-24)6-8-27-9-7-21/h3-7,10-11H,8-9H2,1-2H3,(H,24,26);2-5,10-12H,6-9,13-14H2,1H3,(H,23,26). The summed E-state index contributed by atoms with van der Waals surface area (Å²) in [5.41, 5.74) is 6.71. The molecule has 54 heavy (non-hydrogen) atoms. The second-order valence-electron chi connectivity index (χ2n) is 14.2. The molecule has 0 unspecified atom stereocenters. The van der Waals surface area contributed by atoms with Gasteiger partial charge in [-0.1, -0.05) is 12.1 Å². The van der Waals surface area contributed by atoms with Crippen molar-refractivity contribution in [3.63, 3.8) is 0 Å². The number of hydrogen-bond acceptors (Lipinski definition) is 8. The minimum absolute atomic E-state index is 0.187. The molecule has 3 aliphatic heterocycles. The van der Waals surface area contributed by atoms with Crippen molar-refractivity contribution in [1.82, 2.24) is 4.98 Å². The van der Waals surface area contributed by atoms with Gasteiger partial charge in [0.1, 0.15) is 23.7 Å². The van der Waals surface area contributed by atoms with Crippen LogP contribution in [0.3, 0.4) is 0 Å². The smallest absolute Gasteiger partial charge is 0.265 e. The van der Waals surface area contributed by atoms with E-state index in [2.05, 4.69) is 20.5 Å². The van der Waals surface area contributed by atoms with Crippen LogP contribution in [0, 0.1) is 30.9 Å². The average Bonchev–Trinajstić information content (AvgIpc) is 3.54. The molecule has 3 aliphatic rings. The van der Waals surface area contributed by atoms with Crippen LogP contribution in [0.25, 0.3) is 10.4 Å². The molecule has 0 bridgehead atoms. The van der Waals surface area contributed by atoms with Crippen LogP contribution in [-0.4, -0.2) is 63.0 Å². The number of nitrogens with zero attached hydrogens (tertiary/aromatic N) is 3. The number of thiophene rings is 1. The molecule has 0 atom stereocenters. The van der Waals surface area contributed by atoms with Crippen molar-refractivity contribution < 1.29 is 27.9 Å². The highest BCUT2D eigenvalue weighted by Crippen LogP contribution is 2.43. The summed E-state index contributed by atoms with van der Waals surface area (Å²) in [5.74, 6) is -0.525. The van der Waals surface area contributed by atoms with Gasteiger partial charge in [0.2, 0.25) is 0 Å². The molecule has 2 amide bonds. The summed E-state index contributed by atoms with van der Waals surface area (Å²) in [6.45, 7) is 7.89. The number of ether oxygens (including phenoxy) is 1. The molecule has 1 spiro atoms. The topological polar surface area (TPSA) is 104 Å². The first-order valence-electron chi connectivity index (χ1n) is 17.9. The van der Waals surface area contributed by atoms with Crippen LogP contribution in [0.5, 0.6) is 0 Å². The lowest BCUT2D eigenvalue weighted by Crippen LogP contribution is -2.59. The van der Waals surface area contributed by atoms with E-state index in [4.69, 9.17) is 4.74 Å². The maximum absolute atomic E-state index is 14.0. The highest BCUT2D eigenvalue weighted by molar-refractivity contribution is 7.17. The molecule has 2 fully saturated rings. The summed E-state index contributed by atoms with van der Waals surface area (Å²) in [6, 6.07) is 20.0. The molecule has 0 saturated carbocycles. The Labute approximate surface area is 317 Å². The summed E-state index contributed by atoms with van der Waals surface area (Å²) < 4.78 is 33.2. The highest BCUT2D eigenvalue weighted by atomic mass is 32.1. The maximum Gasteiger partial charge on any atom is 0.265 e. The van der Waals surface area contributed by atoms with Gasteiger partial charge in [0.25, 0.3) is 11.8 Å². The molecule has 12 heteroatoms. The van der Waals surface area contributed by atoms with E-state index < -0.39 is 5.82 Å². The number of aryl methyl sites for hydroxylation is 2. The summed E-state index contributed by atoms with van der Waals surface area (Å²) in [5, 5.41) is 5.60. The number of fused-ring (bicyclic) bond motifs is 3. The van der Waals surface area contributed by atoms with E-state index in [1.165, 1.54) is 29.5 Å². The Morgan fingerprint density at radius 3 is 2.43 bits per heavy atom. The number of aldehydes is 1. The summed E-state index contributed by atoms with van der Waals surface area (Å²) in [7, 11) is 1.93. The Hall–Kier alpha value is -5.46. The SMILES string of the molecule is Cc1cccc(F)c1NC(=O)c1cc2c(s1)-c1ccc(F)cc1N(C)CC2.Cc1cnc(N2CC3(CCOCC3)C2)c(C(=O)Nc2ccc(C=O)cc2)c1. The van der Waals surface area contributed by atoms with Crippen LogP contribution in [-0.2, 0) is 11.2 Å². The molecular weight excluding hydrogens is 709 g/mol. The number of para-hydroxylation sites is 1. The number of nitrogens with one attached hydrogen (secondary N) is 2. The molecular formula is C42H41F2N5O4S. The second-order valence-corrected chi connectivity index (χ2v) is 15.3. The number of carbonyl (C=O) groups is 3. The molecule has 278 valence electrons. The number of hydrogen-bond donors (Lipinski definition) is 2. The Balaban J connectivity index is 0.000000167. The summed E-state index contributed by atoms with van der Waals surface area (Å²) in [4.78, 5) is 46.6. The van der Waals surface area contributed by atoms with E-state index in [1.807, 2.05) is 31.0 Å². The maximum atomic E-state index is 14.0. The van der Waals surface area contributed by atoms with Crippen molar-refractivity contribution in [1.29, 1.82) is 0 Å². The van der Waals surface area contributed by atoms with Crippen molar-refractivity contribution in [2.75, 3.05) is 60.3 Å². The first-order valence-corrected chi connectivity index (χ1v) is 18.7. The third-order valence-electron chi connectivity index (χ3n) is 10.3. The van der Waals surface area contributed by atoms with E-state index >= 15 is 0 Å². The van der Waals surface area contributed by atoms with Crippen LogP contribution >= 0.6 is 11.3 Å². The molecule has 0 aliphatic carbocycles. The minimum Gasteiger partial charge on any atom is -0.381 e. The zero-order valence-corrected chi connectivity index (χ0v) is 31.2. The second kappa shape index (κ2) is 15.5. The van der Waals surface area contributed by atoms with Crippen LogP contribution < -0.4 is 20.4 Å². The van der Waals surface area contributed by atoms with Gasteiger partial charge in [-0.25, -0.2) is 13.8 Å². The number of carbonyl (C=O) groups excluding carboxylic acids is 3. The molecule has 2 aromatic heterocycles. The largest absolute Gasteiger partial charge is 0.381 e. The van der Waals surface area contributed by atoms with Gasteiger partial charge in [0, 0.05) is 78.9 Å². The zero-order chi connectivity index (χ0) is 38.0. The predicted octanol–water partition coefficient (Wildman–Crippen LogP) is 8.32. The molecule has 0 radical (unpaired) electrons. The lowest BCUT2D eigenvalue weighted by Gasteiger charge is -2.53. The van der Waals surface area contributed by atoms with Gasteiger partial charge >= 0.3 is 0 Å². The fourth-order valence-corrected chi connectivity index (χ4v) is 8.34. The highest BCUT2D eigenvalue weighted by Gasteiger charge is 2.45. The third-order valence-corrected chi connectivity index (χ3v) is 11.5. The van der Waals surface area contributed by atoms with Crippen molar-refractivity contribution in [3.8, 4) is 10.4 Å². The van der Waals surface area contributed by atoms with Gasteiger partial charge in [0.15, 0.2) is 0 Å². The van der Waals surface area contributed by atoms with E-state index in [9.17, 15) is 23.2 Å². The molecule has 5 aromatic rings. The van der Waals surface area contributed by atoms with Gasteiger partial charge in [-0.3, -0.25) is 14.4 Å². The number of benzene rings is 3. The van der Waals surface area contributed by atoms with Gasteiger partial charge in [-0.2, -0.15) is 0 Å². The van der Waals surface area contributed by atoms with E-state index in [0.717, 1.165) is 91.5 Å². The molecule has 2 N–H and O–H groups in total. The Bertz CT molecular complexity index is 2190. The Kier molecular flexibility index (Phi) is 10.6. The molecule has 5 heterocycles. The first-order chi connectivity index (χ1) is 26.0. The van der Waals surface area contributed by atoms with Crippen molar-refractivity contribution in [2.24, 2.45) is 5.41 Å². The van der Waals surface area contributed by atoms with E-state index in [0.29, 0.717) is 32.7 Å². The first kappa shape index (κ1) is 36.9. The molecule has 9 nitrogen and oxygen atoms in total. The fraction of sp³-hybridized carbons (Fsp3) is 0.286. The zero-order valence-electron chi connectivity index (χ0n) is 30.4. The van der Waals surface area contributed by atoms with E-state index in [1.54, 1.807) is 55.6 Å². The number of aromatic nitrogens is 1. The molecule has 2 saturated heterocycles. The number of likely N-dealkylation sites (N-methyl/N-ethyl adjacent to an activating group) is 1. The van der Waals surface area contributed by atoms with Gasteiger partial charge in [-0.05, 0) is 110 Å². The fourth-order valence-electron chi connectivity index (χ4n) is 7.20. The molecule has 3 aromatic carbocycles. The van der Waals surface area contributed by atoms with Crippen molar-refractivity contribution in [2.45, 2.75) is 33.1 Å². The number of amides is 2. The van der Waals surface area contributed by atoms with Crippen LogP contribution in [0.2, 0.25) is 0 Å². The number of anilines is 4. The predicted molar refractivity (Wildman–Crippen MR) is 209 cm³/mol. The van der Waals surface area contributed by atoms with Gasteiger partial charge in [-0.15, -0.1) is 11.3 Å². The third kappa shape index (κ3) is 7.76. The Morgan fingerprint density at radius 2 is 1.70 bits per heavy atom. The van der Waals surface area contributed by atoms with Crippen LogP contribution in [0.1, 0.15) is 59.9 Å². The number of rotatable bonds is 6.